The Kier molecular flexibility index (Phi) is 4.41. The summed E-state index contributed by atoms with van der Waals surface area (Å²) in [6.07, 6.45) is 0.512. The van der Waals surface area contributed by atoms with Crippen LogP contribution in [0.1, 0.15) is 18.0 Å². The Hall–Kier alpha value is -1.05. The predicted octanol–water partition coefficient (Wildman–Crippen LogP) is 1.08. The minimum absolute atomic E-state index is 0.0583. The Balaban J connectivity index is 2.23. The predicted molar refractivity (Wildman–Crippen MR) is 73.0 cm³/mol. The van der Waals surface area contributed by atoms with E-state index < -0.39 is 27.5 Å². The van der Waals surface area contributed by atoms with E-state index in [4.69, 9.17) is 5.73 Å². The molecule has 1 aliphatic rings. The van der Waals surface area contributed by atoms with Gasteiger partial charge in [-0.15, -0.1) is 0 Å². The third-order valence-electron chi connectivity index (χ3n) is 3.82. The Morgan fingerprint density at radius 3 is 2.65 bits per heavy atom. The summed E-state index contributed by atoms with van der Waals surface area (Å²) >= 11 is 0. The lowest BCUT2D eigenvalue weighted by molar-refractivity contribution is 0.189. The van der Waals surface area contributed by atoms with Gasteiger partial charge in [-0.05, 0) is 19.5 Å². The molecule has 1 saturated heterocycles. The summed E-state index contributed by atoms with van der Waals surface area (Å²) in [5.74, 6) is -1.10. The van der Waals surface area contributed by atoms with Gasteiger partial charge >= 0.3 is 0 Å². The van der Waals surface area contributed by atoms with Crippen LogP contribution in [0.5, 0.6) is 0 Å². The summed E-state index contributed by atoms with van der Waals surface area (Å²) in [5.41, 5.74) is 5.99. The van der Waals surface area contributed by atoms with E-state index in [1.54, 1.807) is 11.9 Å². The van der Waals surface area contributed by atoms with Crippen LogP contribution in [0, 0.1) is 11.6 Å². The summed E-state index contributed by atoms with van der Waals surface area (Å²) in [5, 5.41) is 0. The number of sulfone groups is 1. The average Bonchev–Trinajstić information content (AvgIpc) is 2.73. The molecule has 112 valence electrons. The lowest BCUT2D eigenvalue weighted by Gasteiger charge is -2.32. The van der Waals surface area contributed by atoms with E-state index in [0.717, 1.165) is 6.07 Å². The second kappa shape index (κ2) is 5.75. The minimum Gasteiger partial charge on any atom is -0.329 e. The first-order valence-corrected chi connectivity index (χ1v) is 8.23. The fourth-order valence-electron chi connectivity index (χ4n) is 2.64. The zero-order chi connectivity index (χ0) is 14.9. The van der Waals surface area contributed by atoms with Crippen molar-refractivity contribution in [2.75, 3.05) is 25.1 Å². The molecule has 1 aliphatic heterocycles. The van der Waals surface area contributed by atoms with Gasteiger partial charge in [0.15, 0.2) is 9.84 Å². The topological polar surface area (TPSA) is 63.4 Å². The lowest BCUT2D eigenvalue weighted by Crippen LogP contribution is -2.39. The highest BCUT2D eigenvalue weighted by molar-refractivity contribution is 7.91. The van der Waals surface area contributed by atoms with Gasteiger partial charge in [-0.1, -0.05) is 6.07 Å². The van der Waals surface area contributed by atoms with Crippen LogP contribution >= 0.6 is 0 Å². The Morgan fingerprint density at radius 1 is 1.45 bits per heavy atom. The standard InChI is InChI=1S/C13H18F2N2O2S/c1-17(10-4-5-20(18,19)8-10)13(7-16)11-3-2-9(14)6-12(11)15/h2-3,6,10,13H,4-5,7-8,16H2,1H3. The molecule has 4 nitrogen and oxygen atoms in total. The molecule has 2 atom stereocenters. The Bertz CT molecular complexity index is 592. The normalized spacial score (nSPS) is 23.1. The number of nitrogens with two attached hydrogens (primary N) is 1. The first-order chi connectivity index (χ1) is 9.34. The molecule has 7 heteroatoms. The minimum atomic E-state index is -3.02. The van der Waals surface area contributed by atoms with Crippen molar-refractivity contribution in [3.8, 4) is 0 Å². The molecule has 20 heavy (non-hydrogen) atoms. The highest BCUT2D eigenvalue weighted by Crippen LogP contribution is 2.27. The van der Waals surface area contributed by atoms with Crippen LogP contribution in [-0.4, -0.2) is 44.5 Å². The molecule has 0 radical (unpaired) electrons. The van der Waals surface area contributed by atoms with Gasteiger partial charge < -0.3 is 5.73 Å². The van der Waals surface area contributed by atoms with E-state index in [1.807, 2.05) is 0 Å². The number of rotatable bonds is 4. The molecule has 1 aromatic rings. The van der Waals surface area contributed by atoms with Crippen LogP contribution in [0.25, 0.3) is 0 Å². The van der Waals surface area contributed by atoms with Crippen molar-refractivity contribution in [1.82, 2.24) is 4.90 Å². The van der Waals surface area contributed by atoms with Crippen molar-refractivity contribution in [3.05, 3.63) is 35.4 Å². The van der Waals surface area contributed by atoms with Crippen LogP contribution in [0.4, 0.5) is 8.78 Å². The third kappa shape index (κ3) is 3.16. The summed E-state index contributed by atoms with van der Waals surface area (Å²) in [4.78, 5) is 1.78. The number of nitrogens with zero attached hydrogens (tertiary/aromatic N) is 1. The smallest absolute Gasteiger partial charge is 0.151 e. The Morgan fingerprint density at radius 2 is 2.15 bits per heavy atom. The van der Waals surface area contributed by atoms with Crippen LogP contribution in [0.15, 0.2) is 18.2 Å². The zero-order valence-electron chi connectivity index (χ0n) is 11.2. The molecule has 1 heterocycles. The van der Waals surface area contributed by atoms with E-state index in [0.29, 0.717) is 12.0 Å². The van der Waals surface area contributed by atoms with E-state index in [1.165, 1.54) is 12.1 Å². The Labute approximate surface area is 117 Å². The maximum atomic E-state index is 13.8. The molecule has 2 unspecified atom stereocenters. The molecule has 2 rings (SSSR count). The van der Waals surface area contributed by atoms with Gasteiger partial charge in [0.25, 0.3) is 0 Å². The van der Waals surface area contributed by atoms with Crippen molar-refractivity contribution in [3.63, 3.8) is 0 Å². The molecule has 0 aromatic heterocycles. The summed E-state index contributed by atoms with van der Waals surface area (Å²) in [6, 6.07) is 2.71. The molecule has 0 aliphatic carbocycles. The van der Waals surface area contributed by atoms with Gasteiger partial charge in [0.1, 0.15) is 11.6 Å². The molecule has 1 fully saturated rings. The van der Waals surface area contributed by atoms with E-state index in [-0.39, 0.29) is 24.1 Å². The van der Waals surface area contributed by atoms with Crippen molar-refractivity contribution < 1.29 is 17.2 Å². The first-order valence-electron chi connectivity index (χ1n) is 6.41. The summed E-state index contributed by atoms with van der Waals surface area (Å²) in [7, 11) is -1.29. The van der Waals surface area contributed by atoms with Crippen molar-refractivity contribution in [1.29, 1.82) is 0 Å². The molecule has 1 aromatic carbocycles. The number of hydrogen-bond acceptors (Lipinski definition) is 4. The quantitative estimate of drug-likeness (QED) is 0.904. The zero-order valence-corrected chi connectivity index (χ0v) is 12.0. The van der Waals surface area contributed by atoms with Gasteiger partial charge in [0.2, 0.25) is 0 Å². The van der Waals surface area contributed by atoms with Crippen LogP contribution in [-0.2, 0) is 9.84 Å². The van der Waals surface area contributed by atoms with Crippen molar-refractivity contribution >= 4 is 9.84 Å². The van der Waals surface area contributed by atoms with Crippen LogP contribution in [0.3, 0.4) is 0 Å². The van der Waals surface area contributed by atoms with Crippen LogP contribution < -0.4 is 5.73 Å². The molecular formula is C13H18F2N2O2S. The first kappa shape index (κ1) is 15.3. The maximum Gasteiger partial charge on any atom is 0.151 e. The highest BCUT2D eigenvalue weighted by Gasteiger charge is 2.34. The summed E-state index contributed by atoms with van der Waals surface area (Å²) < 4.78 is 49.8. The van der Waals surface area contributed by atoms with Gasteiger partial charge in [0.05, 0.1) is 11.5 Å². The monoisotopic (exact) mass is 304 g/mol. The van der Waals surface area contributed by atoms with Crippen molar-refractivity contribution in [2.45, 2.75) is 18.5 Å². The second-order valence-corrected chi connectivity index (χ2v) is 7.37. The third-order valence-corrected chi connectivity index (χ3v) is 5.57. The van der Waals surface area contributed by atoms with E-state index >= 15 is 0 Å². The fourth-order valence-corrected chi connectivity index (χ4v) is 4.42. The molecule has 0 amide bonds. The molecule has 0 saturated carbocycles. The molecule has 2 N–H and O–H groups in total. The van der Waals surface area contributed by atoms with E-state index in [9.17, 15) is 17.2 Å². The van der Waals surface area contributed by atoms with Gasteiger partial charge in [-0.25, -0.2) is 17.2 Å². The SMILES string of the molecule is CN(C1CCS(=O)(=O)C1)C(CN)c1ccc(F)cc1F. The van der Waals surface area contributed by atoms with E-state index in [2.05, 4.69) is 0 Å². The number of benzene rings is 1. The highest BCUT2D eigenvalue weighted by atomic mass is 32.2. The van der Waals surface area contributed by atoms with Crippen LogP contribution in [0.2, 0.25) is 0 Å². The average molecular weight is 304 g/mol. The van der Waals surface area contributed by atoms with Gasteiger partial charge in [-0.2, -0.15) is 0 Å². The number of likely N-dealkylation sites (N-methyl/N-ethyl adjacent to an activating group) is 1. The van der Waals surface area contributed by atoms with Gasteiger partial charge in [0, 0.05) is 30.3 Å². The molecular weight excluding hydrogens is 286 g/mol. The number of halogens is 2. The van der Waals surface area contributed by atoms with Crippen molar-refractivity contribution in [2.24, 2.45) is 5.73 Å². The van der Waals surface area contributed by atoms with Gasteiger partial charge in [-0.3, -0.25) is 4.90 Å². The summed E-state index contributed by atoms with van der Waals surface area (Å²) in [6.45, 7) is 0.135. The fraction of sp³-hybridized carbons (Fsp3) is 0.538. The number of hydrogen-bond donors (Lipinski definition) is 1. The largest absolute Gasteiger partial charge is 0.329 e. The second-order valence-electron chi connectivity index (χ2n) is 5.14. The molecule has 0 bridgehead atoms. The molecule has 0 spiro atoms. The lowest BCUT2D eigenvalue weighted by atomic mass is 10.0. The maximum absolute atomic E-state index is 13.8.